The van der Waals surface area contributed by atoms with Crippen molar-refractivity contribution in [2.24, 2.45) is 11.7 Å². The molecule has 0 rings (SSSR count). The van der Waals surface area contributed by atoms with Crippen LogP contribution in [0.4, 0.5) is 0 Å². The van der Waals surface area contributed by atoms with E-state index in [1.165, 1.54) is 19.3 Å². The molecule has 0 fully saturated rings. The molecular weight excluding hydrogens is 322 g/mol. The minimum absolute atomic E-state index is 0.219. The summed E-state index contributed by atoms with van der Waals surface area (Å²) in [5, 5.41) is 8.96. The van der Waals surface area contributed by atoms with Crippen molar-refractivity contribution < 1.29 is 9.90 Å². The molecule has 0 spiro atoms. The first-order chi connectivity index (χ1) is 12.7. The molecule has 0 aliphatic rings. The van der Waals surface area contributed by atoms with Gasteiger partial charge in [-0.15, -0.1) is 0 Å². The van der Waals surface area contributed by atoms with E-state index in [-0.39, 0.29) is 5.91 Å². The van der Waals surface area contributed by atoms with Crippen LogP contribution < -0.4 is 5.73 Å². The fraction of sp³-hybridized carbons (Fsp3) is 0.609. The highest BCUT2D eigenvalue weighted by molar-refractivity contribution is 5.73. The third-order valence-electron chi connectivity index (χ3n) is 4.16. The Balaban J connectivity index is 3.41. The van der Waals surface area contributed by atoms with Crippen LogP contribution in [0.25, 0.3) is 0 Å². The zero-order valence-electron chi connectivity index (χ0n) is 16.6. The van der Waals surface area contributed by atoms with Gasteiger partial charge in [-0.3, -0.25) is 4.79 Å². The quantitative estimate of drug-likeness (QED) is 0.261. The van der Waals surface area contributed by atoms with Gasteiger partial charge in [0.1, 0.15) is 0 Å². The Morgan fingerprint density at radius 2 is 1.31 bits per heavy atom. The first-order valence-corrected chi connectivity index (χ1v) is 10.2. The van der Waals surface area contributed by atoms with Crippen molar-refractivity contribution in [3.63, 3.8) is 0 Å². The van der Waals surface area contributed by atoms with E-state index in [0.717, 1.165) is 44.9 Å². The number of carbonyl (C=O) groups is 1. The Kier molecular flexibility index (Phi) is 18.5. The number of hydrogen-bond acceptors (Lipinski definition) is 2. The summed E-state index contributed by atoms with van der Waals surface area (Å²) in [6, 6.07) is 0. The van der Waals surface area contributed by atoms with Crippen LogP contribution in [0.2, 0.25) is 0 Å². The van der Waals surface area contributed by atoms with Gasteiger partial charge in [-0.1, -0.05) is 68.4 Å². The highest BCUT2D eigenvalue weighted by Gasteiger charge is 1.98. The fourth-order valence-corrected chi connectivity index (χ4v) is 2.47. The summed E-state index contributed by atoms with van der Waals surface area (Å²) in [7, 11) is 0. The lowest BCUT2D eigenvalue weighted by molar-refractivity contribution is -0.118. The van der Waals surface area contributed by atoms with E-state index in [0.29, 0.717) is 18.9 Å². The number of nitrogens with two attached hydrogens (primary N) is 1. The van der Waals surface area contributed by atoms with Gasteiger partial charge in [0.15, 0.2) is 0 Å². The second-order valence-corrected chi connectivity index (χ2v) is 6.88. The number of aliphatic hydroxyl groups is 1. The fourth-order valence-electron chi connectivity index (χ4n) is 2.47. The second-order valence-electron chi connectivity index (χ2n) is 6.88. The number of unbranched alkanes of at least 4 members (excludes halogenated alkanes) is 4. The average molecular weight is 362 g/mol. The lowest BCUT2D eigenvalue weighted by Gasteiger charge is -2.05. The molecule has 0 aromatic heterocycles. The highest BCUT2D eigenvalue weighted by Crippen LogP contribution is 2.10. The summed E-state index contributed by atoms with van der Waals surface area (Å²) in [6.45, 7) is 2.42. The number of hydrogen-bond donors (Lipinski definition) is 2. The zero-order valence-corrected chi connectivity index (χ0v) is 16.6. The second kappa shape index (κ2) is 19.7. The van der Waals surface area contributed by atoms with Crippen LogP contribution in [0, 0.1) is 5.92 Å². The first kappa shape index (κ1) is 24.4. The predicted octanol–water partition coefficient (Wildman–Crippen LogP) is 5.62. The molecule has 148 valence electrons. The topological polar surface area (TPSA) is 63.3 Å². The van der Waals surface area contributed by atoms with Crippen LogP contribution in [-0.4, -0.2) is 17.6 Å². The van der Waals surface area contributed by atoms with Gasteiger partial charge in [-0.05, 0) is 57.3 Å². The molecule has 0 saturated heterocycles. The molecule has 0 unspecified atom stereocenters. The van der Waals surface area contributed by atoms with Crippen LogP contribution in [0.3, 0.4) is 0 Å². The van der Waals surface area contributed by atoms with Crippen molar-refractivity contribution in [2.75, 3.05) is 6.61 Å². The molecule has 0 aliphatic heterocycles. The first-order valence-electron chi connectivity index (χ1n) is 10.2. The van der Waals surface area contributed by atoms with Crippen molar-refractivity contribution >= 4 is 5.91 Å². The van der Waals surface area contributed by atoms with Crippen molar-refractivity contribution in [1.82, 2.24) is 0 Å². The van der Waals surface area contributed by atoms with Crippen LogP contribution in [0.1, 0.15) is 77.6 Å². The van der Waals surface area contributed by atoms with Gasteiger partial charge in [-0.25, -0.2) is 0 Å². The summed E-state index contributed by atoms with van der Waals surface area (Å²) >= 11 is 0. The summed E-state index contributed by atoms with van der Waals surface area (Å²) in [4.78, 5) is 10.6. The van der Waals surface area contributed by atoms with Gasteiger partial charge in [0, 0.05) is 13.0 Å². The number of amides is 1. The lowest BCUT2D eigenvalue weighted by Crippen LogP contribution is -2.09. The minimum atomic E-state index is -0.219. The maximum atomic E-state index is 10.6. The largest absolute Gasteiger partial charge is 0.396 e. The average Bonchev–Trinajstić information content (AvgIpc) is 2.63. The van der Waals surface area contributed by atoms with E-state index in [9.17, 15) is 4.79 Å². The van der Waals surface area contributed by atoms with E-state index in [2.05, 4.69) is 55.5 Å². The van der Waals surface area contributed by atoms with E-state index >= 15 is 0 Å². The smallest absolute Gasteiger partial charge is 0.217 e. The van der Waals surface area contributed by atoms with Crippen LogP contribution in [-0.2, 0) is 4.79 Å². The number of rotatable bonds is 17. The number of carbonyl (C=O) groups excluding carboxylic acids is 1. The lowest BCUT2D eigenvalue weighted by atomic mass is 10.0. The van der Waals surface area contributed by atoms with Gasteiger partial charge in [0.2, 0.25) is 5.91 Å². The molecule has 3 nitrogen and oxygen atoms in total. The SMILES string of the molecule is C[C@@H](CO)CCCCCC=CCC=CCC=CCC=CCCCC(N)=O. The maximum Gasteiger partial charge on any atom is 0.217 e. The maximum absolute atomic E-state index is 10.6. The van der Waals surface area contributed by atoms with E-state index in [1.807, 2.05) is 0 Å². The molecular formula is C23H39NO2. The Hall–Kier alpha value is -1.61. The molecule has 0 radical (unpaired) electrons. The van der Waals surface area contributed by atoms with Crippen LogP contribution in [0.5, 0.6) is 0 Å². The molecule has 3 N–H and O–H groups in total. The third kappa shape index (κ3) is 20.4. The van der Waals surface area contributed by atoms with E-state index in [4.69, 9.17) is 10.8 Å². The third-order valence-corrected chi connectivity index (χ3v) is 4.16. The van der Waals surface area contributed by atoms with Crippen LogP contribution >= 0.6 is 0 Å². The zero-order chi connectivity index (χ0) is 19.3. The van der Waals surface area contributed by atoms with Gasteiger partial charge < -0.3 is 10.8 Å². The van der Waals surface area contributed by atoms with Crippen LogP contribution in [0.15, 0.2) is 48.6 Å². The molecule has 0 saturated carbocycles. The summed E-state index contributed by atoms with van der Waals surface area (Å²) in [5.74, 6) is 0.234. The standard InChI is InChI=1S/C23H39NO2/c1-22(21-25)19-17-15-13-11-9-7-5-3-2-4-6-8-10-12-14-16-18-20-23(24)26/h2-3,6-9,12,14,22,25H,4-5,10-11,13,15-21H2,1H3,(H2,24,26)/t22-/m1/s1. The Morgan fingerprint density at radius 3 is 1.81 bits per heavy atom. The predicted molar refractivity (Wildman–Crippen MR) is 113 cm³/mol. The normalized spacial score (nSPS) is 13.6. The molecule has 1 amide bonds. The van der Waals surface area contributed by atoms with Gasteiger partial charge in [0.25, 0.3) is 0 Å². The Bertz CT molecular complexity index is 435. The van der Waals surface area contributed by atoms with E-state index in [1.54, 1.807) is 0 Å². The molecule has 26 heavy (non-hydrogen) atoms. The van der Waals surface area contributed by atoms with Crippen molar-refractivity contribution in [1.29, 1.82) is 0 Å². The summed E-state index contributed by atoms with van der Waals surface area (Å²) < 4.78 is 0. The Labute approximate surface area is 160 Å². The van der Waals surface area contributed by atoms with Crippen molar-refractivity contribution in [3.05, 3.63) is 48.6 Å². The Morgan fingerprint density at radius 1 is 0.808 bits per heavy atom. The number of allylic oxidation sites excluding steroid dienone is 8. The molecule has 0 aromatic carbocycles. The molecule has 0 aromatic rings. The number of aliphatic hydroxyl groups excluding tert-OH is 1. The van der Waals surface area contributed by atoms with Crippen molar-refractivity contribution in [3.8, 4) is 0 Å². The number of primary amides is 1. The molecule has 0 aliphatic carbocycles. The van der Waals surface area contributed by atoms with E-state index < -0.39 is 0 Å². The van der Waals surface area contributed by atoms with Gasteiger partial charge in [0.05, 0.1) is 0 Å². The summed E-state index contributed by atoms with van der Waals surface area (Å²) in [6.07, 6.45) is 28.7. The van der Waals surface area contributed by atoms with Gasteiger partial charge in [-0.2, -0.15) is 0 Å². The van der Waals surface area contributed by atoms with Gasteiger partial charge >= 0.3 is 0 Å². The molecule has 0 heterocycles. The van der Waals surface area contributed by atoms with Crippen molar-refractivity contribution in [2.45, 2.75) is 77.6 Å². The summed E-state index contributed by atoms with van der Waals surface area (Å²) in [5.41, 5.74) is 5.09. The highest BCUT2D eigenvalue weighted by atomic mass is 16.3. The molecule has 1 atom stereocenters. The molecule has 0 bridgehead atoms. The molecule has 3 heteroatoms. The minimum Gasteiger partial charge on any atom is -0.396 e. The monoisotopic (exact) mass is 361 g/mol.